The predicted octanol–water partition coefficient (Wildman–Crippen LogP) is 2.26. The minimum atomic E-state index is 0.00296. The fraction of sp³-hybridized carbons (Fsp3) is 0.286. The number of nitrogens with one attached hydrogen (secondary N) is 1. The largest absolute Gasteiger partial charge is 0.352 e. The van der Waals surface area contributed by atoms with Gasteiger partial charge in [-0.15, -0.1) is 11.3 Å². The van der Waals surface area contributed by atoms with Crippen LogP contribution in [0.5, 0.6) is 0 Å². The van der Waals surface area contributed by atoms with Gasteiger partial charge in [-0.05, 0) is 35.0 Å². The summed E-state index contributed by atoms with van der Waals surface area (Å²) in [6.45, 7) is 2.58. The van der Waals surface area contributed by atoms with Crippen LogP contribution in [0.25, 0.3) is 0 Å². The normalized spacial score (nSPS) is 9.64. The summed E-state index contributed by atoms with van der Waals surface area (Å²) in [6, 6.07) is 3.68. The molecule has 0 bridgehead atoms. The molecule has 1 aromatic rings. The van der Waals surface area contributed by atoms with Crippen LogP contribution in [0.15, 0.2) is 15.9 Å². The number of thiophene rings is 1. The van der Waals surface area contributed by atoms with Crippen molar-refractivity contribution in [3.63, 3.8) is 0 Å². The van der Waals surface area contributed by atoms with Crippen molar-refractivity contribution in [1.29, 1.82) is 0 Å². The van der Waals surface area contributed by atoms with Gasteiger partial charge in [-0.25, -0.2) is 0 Å². The molecule has 60 valence electrons. The first-order valence-corrected chi connectivity index (χ1v) is 4.88. The second-order valence-electron chi connectivity index (χ2n) is 1.96. The van der Waals surface area contributed by atoms with Gasteiger partial charge in [0.1, 0.15) is 0 Å². The Morgan fingerprint density at radius 1 is 1.73 bits per heavy atom. The van der Waals surface area contributed by atoms with Gasteiger partial charge in [-0.2, -0.15) is 0 Å². The molecule has 0 saturated carbocycles. The molecule has 4 heteroatoms. The van der Waals surface area contributed by atoms with E-state index < -0.39 is 0 Å². The lowest BCUT2D eigenvalue weighted by Gasteiger charge is -1.95. The minimum absolute atomic E-state index is 0.00296. The Kier molecular flexibility index (Phi) is 3.08. The van der Waals surface area contributed by atoms with Gasteiger partial charge in [-0.3, -0.25) is 4.79 Å². The van der Waals surface area contributed by atoms with Crippen molar-refractivity contribution < 1.29 is 4.79 Å². The Morgan fingerprint density at radius 3 is 2.91 bits per heavy atom. The van der Waals surface area contributed by atoms with Gasteiger partial charge in [0.15, 0.2) is 0 Å². The van der Waals surface area contributed by atoms with Gasteiger partial charge in [0.25, 0.3) is 5.91 Å². The van der Waals surface area contributed by atoms with Crippen LogP contribution in [-0.4, -0.2) is 12.5 Å². The van der Waals surface area contributed by atoms with E-state index in [4.69, 9.17) is 0 Å². The average molecular weight is 234 g/mol. The molecule has 0 spiro atoms. The zero-order valence-corrected chi connectivity index (χ0v) is 8.46. The third-order valence-electron chi connectivity index (χ3n) is 1.13. The molecule has 0 radical (unpaired) electrons. The number of rotatable bonds is 2. The van der Waals surface area contributed by atoms with E-state index in [-0.39, 0.29) is 5.91 Å². The van der Waals surface area contributed by atoms with Gasteiger partial charge in [0.05, 0.1) is 8.66 Å². The van der Waals surface area contributed by atoms with Crippen molar-refractivity contribution in [1.82, 2.24) is 5.32 Å². The number of hydrogen-bond acceptors (Lipinski definition) is 2. The summed E-state index contributed by atoms with van der Waals surface area (Å²) in [4.78, 5) is 11.9. The molecule has 0 aliphatic rings. The summed E-state index contributed by atoms with van der Waals surface area (Å²) in [7, 11) is 0. The summed E-state index contributed by atoms with van der Waals surface area (Å²) < 4.78 is 0.985. The quantitative estimate of drug-likeness (QED) is 0.835. The number of hydrogen-bond donors (Lipinski definition) is 1. The van der Waals surface area contributed by atoms with Gasteiger partial charge < -0.3 is 5.32 Å². The average Bonchev–Trinajstić information content (AvgIpc) is 2.36. The first-order valence-electron chi connectivity index (χ1n) is 3.27. The third kappa shape index (κ3) is 2.31. The molecule has 0 aliphatic carbocycles. The molecule has 1 aromatic heterocycles. The van der Waals surface area contributed by atoms with Crippen LogP contribution in [0, 0.1) is 0 Å². The highest BCUT2D eigenvalue weighted by Crippen LogP contribution is 2.21. The van der Waals surface area contributed by atoms with Gasteiger partial charge in [0.2, 0.25) is 0 Å². The molecule has 0 saturated heterocycles. The Hall–Kier alpha value is -0.350. The highest BCUT2D eigenvalue weighted by molar-refractivity contribution is 9.11. The third-order valence-corrected chi connectivity index (χ3v) is 2.76. The molecule has 0 aromatic carbocycles. The molecule has 0 unspecified atom stereocenters. The van der Waals surface area contributed by atoms with Crippen molar-refractivity contribution in [2.45, 2.75) is 6.92 Å². The van der Waals surface area contributed by atoms with Crippen LogP contribution in [0.3, 0.4) is 0 Å². The van der Waals surface area contributed by atoms with Gasteiger partial charge in [-0.1, -0.05) is 0 Å². The van der Waals surface area contributed by atoms with E-state index >= 15 is 0 Å². The number of carbonyl (C=O) groups is 1. The van der Waals surface area contributed by atoms with Crippen molar-refractivity contribution >= 4 is 33.2 Å². The Balaban J connectivity index is 2.69. The molecule has 1 heterocycles. The van der Waals surface area contributed by atoms with E-state index in [9.17, 15) is 4.79 Å². The summed E-state index contributed by atoms with van der Waals surface area (Å²) in [5, 5.41) is 2.73. The van der Waals surface area contributed by atoms with Crippen molar-refractivity contribution in [3.8, 4) is 0 Å². The number of carbonyl (C=O) groups excluding carboxylic acids is 1. The fourth-order valence-electron chi connectivity index (χ4n) is 0.684. The highest BCUT2D eigenvalue weighted by atomic mass is 79.9. The molecule has 1 amide bonds. The van der Waals surface area contributed by atoms with E-state index in [2.05, 4.69) is 21.2 Å². The maximum atomic E-state index is 11.1. The molecule has 0 aliphatic heterocycles. The van der Waals surface area contributed by atoms with Crippen LogP contribution in [0.1, 0.15) is 16.6 Å². The molecule has 1 N–H and O–H groups in total. The molecule has 0 fully saturated rings. The summed E-state index contributed by atoms with van der Waals surface area (Å²) in [6.07, 6.45) is 0. The summed E-state index contributed by atoms with van der Waals surface area (Å²) in [5.74, 6) is 0.00296. The topological polar surface area (TPSA) is 29.1 Å². The lowest BCUT2D eigenvalue weighted by Crippen LogP contribution is -2.21. The van der Waals surface area contributed by atoms with Crippen molar-refractivity contribution in [2.24, 2.45) is 0 Å². The van der Waals surface area contributed by atoms with Crippen LogP contribution >= 0.6 is 27.3 Å². The number of halogens is 1. The van der Waals surface area contributed by atoms with E-state index in [0.29, 0.717) is 6.54 Å². The molecular weight excluding hydrogens is 226 g/mol. The van der Waals surface area contributed by atoms with Gasteiger partial charge in [0, 0.05) is 6.54 Å². The highest BCUT2D eigenvalue weighted by Gasteiger charge is 2.05. The van der Waals surface area contributed by atoms with Crippen molar-refractivity contribution in [3.05, 3.63) is 20.8 Å². The lowest BCUT2D eigenvalue weighted by atomic mass is 10.4. The second kappa shape index (κ2) is 3.88. The van der Waals surface area contributed by atoms with Gasteiger partial charge >= 0.3 is 0 Å². The zero-order valence-electron chi connectivity index (χ0n) is 6.06. The molecule has 0 atom stereocenters. The maximum absolute atomic E-state index is 11.1. The predicted molar refractivity (Wildman–Crippen MR) is 50.0 cm³/mol. The summed E-state index contributed by atoms with van der Waals surface area (Å²) in [5.41, 5.74) is 0. The monoisotopic (exact) mass is 233 g/mol. The van der Waals surface area contributed by atoms with Crippen LogP contribution in [0.2, 0.25) is 0 Å². The lowest BCUT2D eigenvalue weighted by molar-refractivity contribution is 0.0960. The molecule has 11 heavy (non-hydrogen) atoms. The Labute approximate surface area is 77.7 Å². The molecule has 1 rings (SSSR count). The van der Waals surface area contributed by atoms with E-state index in [0.717, 1.165) is 8.66 Å². The summed E-state index contributed by atoms with van der Waals surface area (Å²) >= 11 is 4.73. The SMILES string of the molecule is CCNC(=O)c1ccc(Br)s1. The van der Waals surface area contributed by atoms with Crippen LogP contribution in [0.4, 0.5) is 0 Å². The van der Waals surface area contributed by atoms with E-state index in [1.54, 1.807) is 6.07 Å². The van der Waals surface area contributed by atoms with E-state index in [1.807, 2.05) is 13.0 Å². The fourth-order valence-corrected chi connectivity index (χ4v) is 1.99. The molecule has 2 nitrogen and oxygen atoms in total. The van der Waals surface area contributed by atoms with E-state index in [1.165, 1.54) is 11.3 Å². The smallest absolute Gasteiger partial charge is 0.261 e. The first-order chi connectivity index (χ1) is 5.24. The van der Waals surface area contributed by atoms with Crippen LogP contribution in [-0.2, 0) is 0 Å². The van der Waals surface area contributed by atoms with Crippen LogP contribution < -0.4 is 5.32 Å². The Bertz CT molecular complexity index is 259. The second-order valence-corrected chi connectivity index (χ2v) is 4.43. The Morgan fingerprint density at radius 2 is 2.45 bits per heavy atom. The minimum Gasteiger partial charge on any atom is -0.352 e. The standard InChI is InChI=1S/C7H8BrNOS/c1-2-9-7(10)5-3-4-6(8)11-5/h3-4H,2H2,1H3,(H,9,10). The number of amides is 1. The first kappa shape index (κ1) is 8.74. The maximum Gasteiger partial charge on any atom is 0.261 e. The van der Waals surface area contributed by atoms with Crippen molar-refractivity contribution in [2.75, 3.05) is 6.54 Å². The zero-order chi connectivity index (χ0) is 8.27. The molecular formula is C7H8BrNOS.